The summed E-state index contributed by atoms with van der Waals surface area (Å²) in [6, 6.07) is 0.236. The highest BCUT2D eigenvalue weighted by Crippen LogP contribution is 2.38. The summed E-state index contributed by atoms with van der Waals surface area (Å²) in [7, 11) is 0. The van der Waals surface area contributed by atoms with Gasteiger partial charge in [0.2, 0.25) is 5.76 Å². The number of ether oxygens (including phenoxy) is 1. The van der Waals surface area contributed by atoms with E-state index in [0.717, 1.165) is 19.4 Å². The molecule has 1 amide bonds. The largest absolute Gasteiger partial charge is 0.435 e. The number of aromatic nitrogens is 1. The maximum Gasteiger partial charge on any atom is 0.289 e. The molecule has 1 saturated carbocycles. The van der Waals surface area contributed by atoms with Gasteiger partial charge < -0.3 is 14.5 Å². The van der Waals surface area contributed by atoms with Crippen LogP contribution in [0.2, 0.25) is 0 Å². The van der Waals surface area contributed by atoms with Gasteiger partial charge in [0.25, 0.3) is 5.91 Å². The van der Waals surface area contributed by atoms with E-state index in [0.29, 0.717) is 35.8 Å². The van der Waals surface area contributed by atoms with Crippen molar-refractivity contribution in [2.75, 3.05) is 6.61 Å². The molecule has 98 valence electrons. The standard InChI is InChI=1S/C13H18N2O3/c1-3-11-14-7(2)12(18-11)13(16)15-9-6-10-8(9)4-5-17-10/h8-10H,3-6H2,1-2H3,(H,15,16)/t8-,9-,10+/m0/s1. The Morgan fingerprint density at radius 2 is 2.39 bits per heavy atom. The topological polar surface area (TPSA) is 64.4 Å². The molecular formula is C13H18N2O3. The average Bonchev–Trinajstić information content (AvgIpc) is 2.89. The summed E-state index contributed by atoms with van der Waals surface area (Å²) in [5.41, 5.74) is 0.669. The third kappa shape index (κ3) is 1.82. The van der Waals surface area contributed by atoms with E-state index in [1.807, 2.05) is 6.92 Å². The lowest BCUT2D eigenvalue weighted by atomic mass is 9.76. The summed E-state index contributed by atoms with van der Waals surface area (Å²) in [5, 5.41) is 3.03. The Labute approximate surface area is 106 Å². The molecule has 1 N–H and O–H groups in total. The molecule has 2 heterocycles. The fraction of sp³-hybridized carbons (Fsp3) is 0.692. The zero-order valence-corrected chi connectivity index (χ0v) is 10.7. The Bertz CT molecular complexity index is 469. The molecule has 3 rings (SSSR count). The second-order valence-electron chi connectivity index (χ2n) is 5.05. The fourth-order valence-corrected chi connectivity index (χ4v) is 2.81. The van der Waals surface area contributed by atoms with Crippen LogP contribution in [0.25, 0.3) is 0 Å². The summed E-state index contributed by atoms with van der Waals surface area (Å²) in [4.78, 5) is 16.3. The number of nitrogens with one attached hydrogen (secondary N) is 1. The van der Waals surface area contributed by atoms with Gasteiger partial charge in [-0.25, -0.2) is 4.98 Å². The lowest BCUT2D eigenvalue weighted by Gasteiger charge is -2.39. The molecule has 0 unspecified atom stereocenters. The van der Waals surface area contributed by atoms with Gasteiger partial charge in [0.15, 0.2) is 5.89 Å². The van der Waals surface area contributed by atoms with Crippen molar-refractivity contribution in [1.29, 1.82) is 0 Å². The van der Waals surface area contributed by atoms with Gasteiger partial charge in [-0.3, -0.25) is 4.79 Å². The zero-order chi connectivity index (χ0) is 12.7. The minimum absolute atomic E-state index is 0.143. The first-order valence-electron chi connectivity index (χ1n) is 6.57. The van der Waals surface area contributed by atoms with Crippen molar-refractivity contribution in [1.82, 2.24) is 10.3 Å². The number of carbonyl (C=O) groups is 1. The minimum atomic E-state index is -0.143. The van der Waals surface area contributed by atoms with Crippen LogP contribution in [0.4, 0.5) is 0 Å². The Morgan fingerprint density at radius 3 is 3.06 bits per heavy atom. The second kappa shape index (κ2) is 4.39. The molecule has 0 bridgehead atoms. The van der Waals surface area contributed by atoms with E-state index in [-0.39, 0.29) is 11.9 Å². The highest BCUT2D eigenvalue weighted by molar-refractivity contribution is 5.92. The number of fused-ring (bicyclic) bond motifs is 1. The highest BCUT2D eigenvalue weighted by Gasteiger charge is 2.46. The number of hydrogen-bond acceptors (Lipinski definition) is 4. The van der Waals surface area contributed by atoms with Crippen LogP contribution in [-0.4, -0.2) is 29.6 Å². The Kier molecular flexibility index (Phi) is 2.86. The maximum atomic E-state index is 12.1. The van der Waals surface area contributed by atoms with E-state index in [4.69, 9.17) is 9.15 Å². The molecule has 2 fully saturated rings. The predicted octanol–water partition coefficient (Wildman–Crippen LogP) is 1.45. The van der Waals surface area contributed by atoms with Crippen molar-refractivity contribution < 1.29 is 13.9 Å². The Morgan fingerprint density at radius 1 is 1.56 bits per heavy atom. The van der Waals surface area contributed by atoms with Crippen molar-refractivity contribution >= 4 is 5.91 Å². The van der Waals surface area contributed by atoms with Crippen LogP contribution in [-0.2, 0) is 11.2 Å². The quantitative estimate of drug-likeness (QED) is 0.882. The molecule has 5 nitrogen and oxygen atoms in total. The van der Waals surface area contributed by atoms with Crippen molar-refractivity contribution in [2.24, 2.45) is 5.92 Å². The molecule has 18 heavy (non-hydrogen) atoms. The molecular weight excluding hydrogens is 232 g/mol. The first-order chi connectivity index (χ1) is 8.69. The van der Waals surface area contributed by atoms with Gasteiger partial charge in [-0.2, -0.15) is 0 Å². The van der Waals surface area contributed by atoms with Crippen LogP contribution in [0.5, 0.6) is 0 Å². The van der Waals surface area contributed by atoms with E-state index in [1.165, 1.54) is 0 Å². The summed E-state index contributed by atoms with van der Waals surface area (Å²) >= 11 is 0. The van der Waals surface area contributed by atoms with E-state index in [1.54, 1.807) is 6.92 Å². The number of nitrogens with zero attached hydrogens (tertiary/aromatic N) is 1. The maximum absolute atomic E-state index is 12.1. The van der Waals surface area contributed by atoms with E-state index < -0.39 is 0 Å². The van der Waals surface area contributed by atoms with Crippen LogP contribution >= 0.6 is 0 Å². The molecule has 0 radical (unpaired) electrons. The minimum Gasteiger partial charge on any atom is -0.435 e. The van der Waals surface area contributed by atoms with E-state index >= 15 is 0 Å². The number of oxazole rings is 1. The number of carbonyl (C=O) groups excluding carboxylic acids is 1. The molecule has 1 aliphatic carbocycles. The lowest BCUT2D eigenvalue weighted by molar-refractivity contribution is 0.00769. The van der Waals surface area contributed by atoms with Gasteiger partial charge in [0, 0.05) is 25.0 Å². The van der Waals surface area contributed by atoms with E-state index in [2.05, 4.69) is 10.3 Å². The molecule has 1 aliphatic heterocycles. The van der Waals surface area contributed by atoms with Crippen molar-refractivity contribution in [3.8, 4) is 0 Å². The van der Waals surface area contributed by atoms with Gasteiger partial charge in [0.05, 0.1) is 11.8 Å². The van der Waals surface area contributed by atoms with Gasteiger partial charge in [0.1, 0.15) is 0 Å². The SMILES string of the molecule is CCc1nc(C)c(C(=O)N[C@H]2C[C@H]3OCC[C@@H]23)o1. The highest BCUT2D eigenvalue weighted by atomic mass is 16.5. The second-order valence-corrected chi connectivity index (χ2v) is 5.05. The van der Waals surface area contributed by atoms with Crippen LogP contribution in [0.3, 0.4) is 0 Å². The molecule has 1 saturated heterocycles. The third-order valence-electron chi connectivity index (χ3n) is 3.93. The van der Waals surface area contributed by atoms with Gasteiger partial charge in [-0.05, 0) is 19.8 Å². The normalized spacial score (nSPS) is 29.8. The molecule has 0 spiro atoms. The van der Waals surface area contributed by atoms with Gasteiger partial charge in [-0.1, -0.05) is 6.92 Å². The monoisotopic (exact) mass is 250 g/mol. The van der Waals surface area contributed by atoms with Crippen LogP contribution < -0.4 is 5.32 Å². The fourth-order valence-electron chi connectivity index (χ4n) is 2.81. The predicted molar refractivity (Wildman–Crippen MR) is 64.3 cm³/mol. The summed E-state index contributed by atoms with van der Waals surface area (Å²) in [6.45, 7) is 4.59. The molecule has 2 aliphatic rings. The third-order valence-corrected chi connectivity index (χ3v) is 3.93. The molecule has 5 heteroatoms. The van der Waals surface area contributed by atoms with E-state index in [9.17, 15) is 4.79 Å². The van der Waals surface area contributed by atoms with Crippen molar-refractivity contribution in [3.63, 3.8) is 0 Å². The Balaban J connectivity index is 1.66. The smallest absolute Gasteiger partial charge is 0.289 e. The molecule has 1 aromatic rings. The van der Waals surface area contributed by atoms with Crippen LogP contribution in [0.1, 0.15) is 41.9 Å². The number of amides is 1. The Hall–Kier alpha value is -1.36. The zero-order valence-electron chi connectivity index (χ0n) is 10.7. The summed E-state index contributed by atoms with van der Waals surface area (Å²) < 4.78 is 11.0. The first kappa shape index (κ1) is 11.7. The number of rotatable bonds is 3. The average molecular weight is 250 g/mol. The van der Waals surface area contributed by atoms with Crippen LogP contribution in [0, 0.1) is 12.8 Å². The molecule has 1 aromatic heterocycles. The first-order valence-corrected chi connectivity index (χ1v) is 6.57. The molecule has 3 atom stereocenters. The summed E-state index contributed by atoms with van der Waals surface area (Å²) in [5.74, 6) is 1.32. The number of hydrogen-bond donors (Lipinski definition) is 1. The van der Waals surface area contributed by atoms with Gasteiger partial charge >= 0.3 is 0 Å². The van der Waals surface area contributed by atoms with Gasteiger partial charge in [-0.15, -0.1) is 0 Å². The lowest BCUT2D eigenvalue weighted by Crippen LogP contribution is -2.53. The van der Waals surface area contributed by atoms with Crippen LogP contribution in [0.15, 0.2) is 4.42 Å². The molecule has 0 aromatic carbocycles. The summed E-state index contributed by atoms with van der Waals surface area (Å²) in [6.07, 6.45) is 3.03. The number of aryl methyl sites for hydroxylation is 2. The van der Waals surface area contributed by atoms with Crippen molar-refractivity contribution in [2.45, 2.75) is 45.3 Å². The van der Waals surface area contributed by atoms with Crippen molar-refractivity contribution in [3.05, 3.63) is 17.3 Å².